The summed E-state index contributed by atoms with van der Waals surface area (Å²) in [6.45, 7) is 4.18. The Balaban J connectivity index is 2.55. The number of carboxylic acid groups (broad SMARTS) is 1. The van der Waals surface area contributed by atoms with Crippen LogP contribution in [0.1, 0.15) is 20.3 Å². The molecule has 19 heavy (non-hydrogen) atoms. The quantitative estimate of drug-likeness (QED) is 0.578. The lowest BCUT2D eigenvalue weighted by atomic mass is 10.1. The Labute approximate surface area is 111 Å². The largest absolute Gasteiger partial charge is 0.480 e. The number of nitrogens with zero attached hydrogens (tertiary/aromatic N) is 1. The fourth-order valence-corrected chi connectivity index (χ4v) is 2.04. The van der Waals surface area contributed by atoms with Gasteiger partial charge in [0.1, 0.15) is 6.04 Å². The van der Waals surface area contributed by atoms with Crippen LogP contribution >= 0.6 is 0 Å². The predicted octanol–water partition coefficient (Wildman–Crippen LogP) is -0.947. The van der Waals surface area contributed by atoms with Crippen molar-refractivity contribution in [2.24, 2.45) is 11.8 Å². The van der Waals surface area contributed by atoms with E-state index in [0.717, 1.165) is 0 Å². The van der Waals surface area contributed by atoms with Crippen LogP contribution in [0, 0.1) is 11.8 Å². The summed E-state index contributed by atoms with van der Waals surface area (Å²) in [6, 6.07) is -1.32. The monoisotopic (exact) mass is 272 g/mol. The third kappa shape index (κ3) is 4.20. The van der Waals surface area contributed by atoms with Crippen molar-refractivity contribution in [1.29, 1.82) is 0 Å². The molecule has 3 N–H and O–H groups in total. The summed E-state index contributed by atoms with van der Waals surface area (Å²) in [6.07, 6.45) is 0.0936. The Morgan fingerprint density at radius 3 is 2.58 bits per heavy atom. The van der Waals surface area contributed by atoms with Gasteiger partial charge >= 0.3 is 5.97 Å². The van der Waals surface area contributed by atoms with Crippen LogP contribution in [-0.2, 0) is 14.4 Å². The molecule has 7 heteroatoms. The molecule has 0 spiro atoms. The van der Waals surface area contributed by atoms with Crippen LogP contribution in [0.4, 0.5) is 0 Å². The highest BCUT2D eigenvalue weighted by Gasteiger charge is 2.35. The molecule has 1 unspecified atom stereocenters. The van der Waals surface area contributed by atoms with E-state index in [-0.39, 0.29) is 12.3 Å². The van der Waals surface area contributed by atoms with Crippen LogP contribution < -0.4 is 5.32 Å². The minimum absolute atomic E-state index is 0.0928. The second kappa shape index (κ2) is 6.51. The number of nitrogens with one attached hydrogen (secondary N) is 1. The van der Waals surface area contributed by atoms with Crippen molar-refractivity contribution in [2.75, 3.05) is 19.7 Å². The predicted molar refractivity (Wildman–Crippen MR) is 66.2 cm³/mol. The molecule has 0 bridgehead atoms. The summed E-state index contributed by atoms with van der Waals surface area (Å²) in [4.78, 5) is 35.8. The molecule has 1 aliphatic rings. The summed E-state index contributed by atoms with van der Waals surface area (Å²) in [5.41, 5.74) is 0. The van der Waals surface area contributed by atoms with E-state index >= 15 is 0 Å². The third-order valence-electron chi connectivity index (χ3n) is 2.97. The first-order chi connectivity index (χ1) is 8.85. The standard InChI is InChI=1S/C12H20N2O5/c1-7(2)4-14-5-8(3-10(14)16)11(17)13-9(6-15)12(18)19/h7-9,15H,3-6H2,1-2H3,(H,13,17)(H,18,19)/t8?,9-/m1/s1. The topological polar surface area (TPSA) is 107 Å². The summed E-state index contributed by atoms with van der Waals surface area (Å²) in [7, 11) is 0. The molecule has 1 aliphatic heterocycles. The van der Waals surface area contributed by atoms with Gasteiger partial charge in [-0.25, -0.2) is 4.79 Å². The number of carboxylic acids is 1. The lowest BCUT2D eigenvalue weighted by molar-refractivity contribution is -0.143. The zero-order chi connectivity index (χ0) is 14.6. The second-order valence-corrected chi connectivity index (χ2v) is 5.18. The van der Waals surface area contributed by atoms with Gasteiger partial charge in [-0.15, -0.1) is 0 Å². The van der Waals surface area contributed by atoms with Gasteiger partial charge in [-0.3, -0.25) is 9.59 Å². The summed E-state index contributed by atoms with van der Waals surface area (Å²) in [5.74, 6) is -2.11. The molecule has 1 saturated heterocycles. The number of rotatable bonds is 6. The van der Waals surface area contributed by atoms with Crippen molar-refractivity contribution >= 4 is 17.8 Å². The van der Waals surface area contributed by atoms with E-state index in [9.17, 15) is 14.4 Å². The smallest absolute Gasteiger partial charge is 0.328 e. The highest BCUT2D eigenvalue weighted by atomic mass is 16.4. The molecular formula is C12H20N2O5. The Morgan fingerprint density at radius 2 is 2.11 bits per heavy atom. The van der Waals surface area contributed by atoms with Crippen LogP contribution in [0.15, 0.2) is 0 Å². The number of carbonyl (C=O) groups is 3. The van der Waals surface area contributed by atoms with Crippen molar-refractivity contribution in [3.8, 4) is 0 Å². The number of aliphatic hydroxyl groups excluding tert-OH is 1. The van der Waals surface area contributed by atoms with E-state index < -0.39 is 30.4 Å². The number of aliphatic hydroxyl groups is 1. The maximum absolute atomic E-state index is 11.8. The van der Waals surface area contributed by atoms with Crippen LogP contribution in [0.2, 0.25) is 0 Å². The first kappa shape index (κ1) is 15.4. The average molecular weight is 272 g/mol. The van der Waals surface area contributed by atoms with Gasteiger partial charge in [0.25, 0.3) is 0 Å². The molecule has 2 amide bonds. The van der Waals surface area contributed by atoms with Gasteiger partial charge in [0.15, 0.2) is 0 Å². The first-order valence-electron chi connectivity index (χ1n) is 6.27. The van der Waals surface area contributed by atoms with Crippen LogP contribution in [-0.4, -0.2) is 58.6 Å². The number of amides is 2. The van der Waals surface area contributed by atoms with E-state index in [1.54, 1.807) is 4.90 Å². The maximum atomic E-state index is 11.8. The number of aliphatic carboxylic acids is 1. The number of likely N-dealkylation sites (tertiary alicyclic amines) is 1. The Morgan fingerprint density at radius 1 is 1.47 bits per heavy atom. The van der Waals surface area contributed by atoms with Crippen LogP contribution in [0.5, 0.6) is 0 Å². The molecule has 108 valence electrons. The highest BCUT2D eigenvalue weighted by molar-refractivity contribution is 5.91. The van der Waals surface area contributed by atoms with Gasteiger partial charge in [0, 0.05) is 19.5 Å². The minimum Gasteiger partial charge on any atom is -0.480 e. The van der Waals surface area contributed by atoms with Gasteiger partial charge < -0.3 is 20.4 Å². The van der Waals surface area contributed by atoms with E-state index in [1.807, 2.05) is 13.8 Å². The molecule has 1 heterocycles. The van der Waals surface area contributed by atoms with Crippen molar-refractivity contribution < 1.29 is 24.6 Å². The van der Waals surface area contributed by atoms with E-state index in [1.165, 1.54) is 0 Å². The molecule has 1 fully saturated rings. The Hall–Kier alpha value is -1.63. The van der Waals surface area contributed by atoms with Gasteiger partial charge in [-0.1, -0.05) is 13.8 Å². The summed E-state index contributed by atoms with van der Waals surface area (Å²) in [5, 5.41) is 19.8. The summed E-state index contributed by atoms with van der Waals surface area (Å²) >= 11 is 0. The molecule has 0 aliphatic carbocycles. The van der Waals surface area contributed by atoms with Crippen molar-refractivity contribution in [3.05, 3.63) is 0 Å². The zero-order valence-electron chi connectivity index (χ0n) is 11.1. The van der Waals surface area contributed by atoms with Gasteiger partial charge in [-0.05, 0) is 5.92 Å². The molecule has 1 rings (SSSR count). The van der Waals surface area contributed by atoms with Gasteiger partial charge in [0.2, 0.25) is 11.8 Å². The van der Waals surface area contributed by atoms with Crippen LogP contribution in [0.25, 0.3) is 0 Å². The van der Waals surface area contributed by atoms with E-state index in [4.69, 9.17) is 10.2 Å². The lowest BCUT2D eigenvalue weighted by Gasteiger charge is -2.19. The third-order valence-corrected chi connectivity index (χ3v) is 2.97. The van der Waals surface area contributed by atoms with Crippen LogP contribution in [0.3, 0.4) is 0 Å². The van der Waals surface area contributed by atoms with Gasteiger partial charge in [0.05, 0.1) is 12.5 Å². The fraction of sp³-hybridized carbons (Fsp3) is 0.750. The Bertz CT molecular complexity index is 369. The molecule has 0 aromatic rings. The normalized spacial score (nSPS) is 20.7. The zero-order valence-corrected chi connectivity index (χ0v) is 11.1. The lowest BCUT2D eigenvalue weighted by Crippen LogP contribution is -2.46. The SMILES string of the molecule is CC(C)CN1CC(C(=O)N[C@H](CO)C(=O)O)CC1=O. The van der Waals surface area contributed by atoms with Crippen molar-refractivity contribution in [1.82, 2.24) is 10.2 Å². The minimum atomic E-state index is -1.32. The number of hydrogen-bond donors (Lipinski definition) is 3. The van der Waals surface area contributed by atoms with E-state index in [2.05, 4.69) is 5.32 Å². The molecular weight excluding hydrogens is 252 g/mol. The Kier molecular flexibility index (Phi) is 5.29. The molecule has 2 atom stereocenters. The van der Waals surface area contributed by atoms with Gasteiger partial charge in [-0.2, -0.15) is 0 Å². The fourth-order valence-electron chi connectivity index (χ4n) is 2.04. The average Bonchev–Trinajstić information content (AvgIpc) is 2.66. The van der Waals surface area contributed by atoms with Crippen molar-refractivity contribution in [3.63, 3.8) is 0 Å². The van der Waals surface area contributed by atoms with E-state index in [0.29, 0.717) is 19.0 Å². The second-order valence-electron chi connectivity index (χ2n) is 5.18. The molecule has 0 saturated carbocycles. The maximum Gasteiger partial charge on any atom is 0.328 e. The molecule has 0 aromatic carbocycles. The highest BCUT2D eigenvalue weighted by Crippen LogP contribution is 2.19. The number of carbonyl (C=O) groups excluding carboxylic acids is 2. The molecule has 0 radical (unpaired) electrons. The first-order valence-corrected chi connectivity index (χ1v) is 6.27. The molecule has 0 aromatic heterocycles. The molecule has 7 nitrogen and oxygen atoms in total. The number of hydrogen-bond acceptors (Lipinski definition) is 4. The van der Waals surface area contributed by atoms with Crippen molar-refractivity contribution in [2.45, 2.75) is 26.3 Å². The summed E-state index contributed by atoms with van der Waals surface area (Å²) < 4.78 is 0.